The summed E-state index contributed by atoms with van der Waals surface area (Å²) in [6.07, 6.45) is 0.271. The molecule has 0 bridgehead atoms. The quantitative estimate of drug-likeness (QED) is 0.776. The maximum atomic E-state index is 13.6. The van der Waals surface area contributed by atoms with Gasteiger partial charge < -0.3 is 4.90 Å². The number of barbiturate groups is 1. The predicted octanol–water partition coefficient (Wildman–Crippen LogP) is 2.87. The second kappa shape index (κ2) is 6.19. The first-order valence-corrected chi connectivity index (χ1v) is 9.30. The van der Waals surface area contributed by atoms with Gasteiger partial charge in [-0.15, -0.1) is 0 Å². The highest BCUT2D eigenvalue weighted by Gasteiger charge is 2.56. The molecule has 0 saturated carbocycles. The molecule has 28 heavy (non-hydrogen) atoms. The number of imide groups is 2. The van der Waals surface area contributed by atoms with Crippen LogP contribution in [0.3, 0.4) is 0 Å². The predicted molar refractivity (Wildman–Crippen MR) is 108 cm³/mol. The molecule has 6 nitrogen and oxygen atoms in total. The Labute approximate surface area is 164 Å². The Morgan fingerprint density at radius 1 is 0.929 bits per heavy atom. The molecule has 2 aliphatic heterocycles. The van der Waals surface area contributed by atoms with Gasteiger partial charge >= 0.3 is 6.03 Å². The lowest BCUT2D eigenvalue weighted by atomic mass is 9.74. The van der Waals surface area contributed by atoms with Crippen LogP contribution in [0.4, 0.5) is 16.2 Å². The molecule has 1 spiro atoms. The van der Waals surface area contributed by atoms with E-state index < -0.39 is 23.3 Å². The molecule has 0 radical (unpaired) electrons. The summed E-state index contributed by atoms with van der Waals surface area (Å²) < 4.78 is 0. The lowest BCUT2D eigenvalue weighted by Crippen LogP contribution is -2.68. The van der Waals surface area contributed by atoms with Crippen LogP contribution in [0.25, 0.3) is 0 Å². The molecule has 2 aromatic carbocycles. The molecule has 0 unspecified atom stereocenters. The second-order valence-electron chi connectivity index (χ2n) is 7.99. The van der Waals surface area contributed by atoms with Crippen molar-refractivity contribution in [3.63, 3.8) is 0 Å². The van der Waals surface area contributed by atoms with Crippen LogP contribution in [0, 0.1) is 26.2 Å². The number of urea groups is 1. The molecule has 1 N–H and O–H groups in total. The van der Waals surface area contributed by atoms with Crippen molar-refractivity contribution < 1.29 is 14.4 Å². The number of fused-ring (bicyclic) bond motifs is 1. The van der Waals surface area contributed by atoms with Gasteiger partial charge in [0.15, 0.2) is 5.41 Å². The largest absolute Gasteiger partial charge is 0.373 e. The van der Waals surface area contributed by atoms with Gasteiger partial charge in [0, 0.05) is 19.3 Å². The van der Waals surface area contributed by atoms with Crippen LogP contribution >= 0.6 is 0 Å². The molecule has 2 aromatic rings. The highest BCUT2D eigenvalue weighted by molar-refractivity contribution is 6.30. The molecule has 2 heterocycles. The van der Waals surface area contributed by atoms with Crippen molar-refractivity contribution in [1.82, 2.24) is 5.32 Å². The average Bonchev–Trinajstić information content (AvgIpc) is 2.59. The van der Waals surface area contributed by atoms with Crippen LogP contribution in [0.1, 0.15) is 22.3 Å². The van der Waals surface area contributed by atoms with Gasteiger partial charge in [-0.2, -0.15) is 0 Å². The number of carbonyl (C=O) groups excluding carboxylic acids is 3. The molecule has 1 atom stereocenters. The molecule has 1 saturated heterocycles. The first kappa shape index (κ1) is 18.2. The van der Waals surface area contributed by atoms with E-state index in [1.54, 1.807) is 12.1 Å². The van der Waals surface area contributed by atoms with Gasteiger partial charge in [-0.25, -0.2) is 9.69 Å². The minimum Gasteiger partial charge on any atom is -0.373 e. The fourth-order valence-corrected chi connectivity index (χ4v) is 4.38. The van der Waals surface area contributed by atoms with Crippen LogP contribution in [0.15, 0.2) is 36.4 Å². The zero-order valence-corrected chi connectivity index (χ0v) is 16.5. The van der Waals surface area contributed by atoms with Crippen LogP contribution in [-0.4, -0.2) is 31.4 Å². The Kier molecular flexibility index (Phi) is 4.03. The maximum absolute atomic E-state index is 13.6. The van der Waals surface area contributed by atoms with Crippen LogP contribution in [0.5, 0.6) is 0 Å². The van der Waals surface area contributed by atoms with E-state index in [4.69, 9.17) is 0 Å². The van der Waals surface area contributed by atoms with E-state index in [1.807, 2.05) is 57.0 Å². The summed E-state index contributed by atoms with van der Waals surface area (Å²) >= 11 is 0. The van der Waals surface area contributed by atoms with Crippen molar-refractivity contribution in [2.45, 2.75) is 27.2 Å². The molecule has 4 amide bonds. The molecule has 6 heteroatoms. The number of amides is 4. The third kappa shape index (κ3) is 2.68. The van der Waals surface area contributed by atoms with Crippen molar-refractivity contribution in [3.8, 4) is 0 Å². The number of hydrogen-bond donors (Lipinski definition) is 1. The Morgan fingerprint density at radius 2 is 1.61 bits per heavy atom. The van der Waals surface area contributed by atoms with Gasteiger partial charge in [0.2, 0.25) is 5.91 Å². The third-order valence-electron chi connectivity index (χ3n) is 5.58. The molecule has 0 aromatic heterocycles. The molecule has 4 rings (SSSR count). The van der Waals surface area contributed by atoms with Crippen molar-refractivity contribution >= 4 is 29.2 Å². The summed E-state index contributed by atoms with van der Waals surface area (Å²) in [5.41, 5.74) is 4.06. The van der Waals surface area contributed by atoms with Crippen LogP contribution < -0.4 is 15.1 Å². The van der Waals surface area contributed by atoms with Crippen molar-refractivity contribution in [2.24, 2.45) is 5.41 Å². The first-order valence-electron chi connectivity index (χ1n) is 9.30. The summed E-state index contributed by atoms with van der Waals surface area (Å²) in [6.45, 7) is 6.03. The van der Waals surface area contributed by atoms with E-state index in [1.165, 1.54) is 0 Å². The van der Waals surface area contributed by atoms with E-state index in [2.05, 4.69) is 5.32 Å². The summed E-state index contributed by atoms with van der Waals surface area (Å²) in [5, 5.41) is 2.42. The molecular weight excluding hydrogens is 354 g/mol. The lowest BCUT2D eigenvalue weighted by Gasteiger charge is -2.45. The van der Waals surface area contributed by atoms with Gasteiger partial charge in [0.05, 0.1) is 5.69 Å². The Balaban J connectivity index is 1.82. The topological polar surface area (TPSA) is 69.7 Å². The number of aryl methyl sites for hydroxylation is 3. The normalized spacial score (nSPS) is 21.8. The number of hydrogen-bond acceptors (Lipinski definition) is 4. The summed E-state index contributed by atoms with van der Waals surface area (Å²) in [7, 11) is 1.87. The number of carbonyl (C=O) groups is 3. The lowest BCUT2D eigenvalue weighted by molar-refractivity contribution is -0.142. The minimum absolute atomic E-state index is 0.225. The fraction of sp³-hybridized carbons (Fsp3) is 0.318. The summed E-state index contributed by atoms with van der Waals surface area (Å²) in [4.78, 5) is 42.2. The van der Waals surface area contributed by atoms with Crippen LogP contribution in [-0.2, 0) is 16.0 Å². The van der Waals surface area contributed by atoms with E-state index in [9.17, 15) is 14.4 Å². The number of anilines is 2. The molecule has 1 fully saturated rings. The SMILES string of the molecule is Cc1cc(C)cc(N2C(=O)NC(=O)[C@@]3(Cc4cc(C)ccc4N(C)C3)C2=O)c1. The molecular formula is C22H23N3O3. The average molecular weight is 377 g/mol. The summed E-state index contributed by atoms with van der Waals surface area (Å²) in [5.74, 6) is -0.993. The van der Waals surface area contributed by atoms with Gasteiger partial charge in [-0.05, 0) is 62.1 Å². The highest BCUT2D eigenvalue weighted by atomic mass is 16.2. The third-order valence-corrected chi connectivity index (χ3v) is 5.58. The van der Waals surface area contributed by atoms with Crippen molar-refractivity contribution in [3.05, 3.63) is 58.7 Å². The van der Waals surface area contributed by atoms with Crippen molar-refractivity contribution in [2.75, 3.05) is 23.4 Å². The molecule has 0 aliphatic carbocycles. The summed E-state index contributed by atoms with van der Waals surface area (Å²) in [6, 6.07) is 10.9. The molecule has 2 aliphatic rings. The van der Waals surface area contributed by atoms with Crippen molar-refractivity contribution in [1.29, 1.82) is 0 Å². The Hall–Kier alpha value is -3.15. The number of nitrogens with zero attached hydrogens (tertiary/aromatic N) is 2. The first-order chi connectivity index (χ1) is 13.2. The number of rotatable bonds is 1. The van der Waals surface area contributed by atoms with Gasteiger partial charge in [-0.1, -0.05) is 23.8 Å². The Bertz CT molecular complexity index is 1010. The second-order valence-corrected chi connectivity index (χ2v) is 7.99. The van der Waals surface area contributed by atoms with E-state index in [0.29, 0.717) is 5.69 Å². The standard InChI is InChI=1S/C22H23N3O3/c1-13-5-6-18-16(8-13)11-22(12-24(18)4)19(26)23-21(28)25(20(22)27)17-9-14(2)7-15(3)10-17/h5-10H,11-12H2,1-4H3,(H,23,26,28)/t22-/m0/s1. The van der Waals surface area contributed by atoms with Crippen LogP contribution in [0.2, 0.25) is 0 Å². The number of benzene rings is 2. The Morgan fingerprint density at radius 3 is 2.29 bits per heavy atom. The monoisotopic (exact) mass is 377 g/mol. The van der Waals surface area contributed by atoms with Gasteiger partial charge in [-0.3, -0.25) is 14.9 Å². The van der Waals surface area contributed by atoms with E-state index >= 15 is 0 Å². The minimum atomic E-state index is -1.33. The highest BCUT2D eigenvalue weighted by Crippen LogP contribution is 2.40. The zero-order valence-electron chi connectivity index (χ0n) is 16.5. The smallest absolute Gasteiger partial charge is 0.335 e. The van der Waals surface area contributed by atoms with E-state index in [0.717, 1.165) is 32.8 Å². The maximum Gasteiger partial charge on any atom is 0.335 e. The van der Waals surface area contributed by atoms with E-state index in [-0.39, 0.29) is 13.0 Å². The van der Waals surface area contributed by atoms with Gasteiger partial charge in [0.1, 0.15) is 0 Å². The fourth-order valence-electron chi connectivity index (χ4n) is 4.38. The van der Waals surface area contributed by atoms with Gasteiger partial charge in [0.25, 0.3) is 5.91 Å². The zero-order chi connectivity index (χ0) is 20.2. The number of nitrogens with one attached hydrogen (secondary N) is 1. The molecule has 144 valence electrons.